The van der Waals surface area contributed by atoms with E-state index in [9.17, 15) is 4.39 Å². The van der Waals surface area contributed by atoms with E-state index in [-0.39, 0.29) is 11.9 Å². The number of nitrogens with one attached hydrogen (secondary N) is 1. The van der Waals surface area contributed by atoms with Gasteiger partial charge in [0, 0.05) is 11.6 Å². The summed E-state index contributed by atoms with van der Waals surface area (Å²) in [6.45, 7) is 1.99. The predicted octanol–water partition coefficient (Wildman–Crippen LogP) is 3.70. The van der Waals surface area contributed by atoms with Crippen LogP contribution in [0.25, 0.3) is 0 Å². The van der Waals surface area contributed by atoms with Crippen LogP contribution in [-0.4, -0.2) is 7.05 Å². The zero-order valence-corrected chi connectivity index (χ0v) is 10.9. The molecule has 1 aromatic heterocycles. The molecule has 0 radical (unpaired) electrons. The van der Waals surface area contributed by atoms with Gasteiger partial charge < -0.3 is 5.32 Å². The van der Waals surface area contributed by atoms with Crippen molar-refractivity contribution in [2.45, 2.75) is 19.4 Å². The Hall–Kier alpha value is -1.19. The smallest absolute Gasteiger partial charge is 0.128 e. The minimum atomic E-state index is -0.134. The van der Waals surface area contributed by atoms with Crippen LogP contribution in [0.2, 0.25) is 0 Å². The highest BCUT2D eigenvalue weighted by atomic mass is 32.1. The van der Waals surface area contributed by atoms with Crippen LogP contribution < -0.4 is 5.32 Å². The maximum absolute atomic E-state index is 13.8. The fraction of sp³-hybridized carbons (Fsp3) is 0.286. The Balaban J connectivity index is 2.25. The molecule has 0 fully saturated rings. The number of hydrogen-bond donors (Lipinski definition) is 1. The third kappa shape index (κ3) is 2.93. The highest BCUT2D eigenvalue weighted by molar-refractivity contribution is 7.07. The van der Waals surface area contributed by atoms with Gasteiger partial charge >= 0.3 is 0 Å². The first-order valence-corrected chi connectivity index (χ1v) is 6.59. The van der Waals surface area contributed by atoms with Gasteiger partial charge in [0.2, 0.25) is 0 Å². The average Bonchev–Trinajstić information content (AvgIpc) is 2.82. The van der Waals surface area contributed by atoms with E-state index >= 15 is 0 Å². The second-order valence-electron chi connectivity index (χ2n) is 4.20. The van der Waals surface area contributed by atoms with Crippen LogP contribution in [0.3, 0.4) is 0 Å². The fourth-order valence-electron chi connectivity index (χ4n) is 1.94. The number of likely N-dealkylation sites (N-methyl/N-ethyl adjacent to an activating group) is 1. The van der Waals surface area contributed by atoms with E-state index in [0.29, 0.717) is 0 Å². The first-order valence-electron chi connectivity index (χ1n) is 5.65. The van der Waals surface area contributed by atoms with Crippen LogP contribution in [0.5, 0.6) is 0 Å². The predicted molar refractivity (Wildman–Crippen MR) is 71.0 cm³/mol. The first kappa shape index (κ1) is 12.3. The summed E-state index contributed by atoms with van der Waals surface area (Å²) in [5.41, 5.74) is 3.08. The first-order chi connectivity index (χ1) is 8.20. The topological polar surface area (TPSA) is 12.0 Å². The highest BCUT2D eigenvalue weighted by Gasteiger charge is 2.14. The van der Waals surface area contributed by atoms with E-state index in [4.69, 9.17) is 0 Å². The minimum Gasteiger partial charge on any atom is -0.313 e. The van der Waals surface area contributed by atoms with Crippen molar-refractivity contribution in [1.82, 2.24) is 5.32 Å². The Kier molecular flexibility index (Phi) is 3.92. The molecule has 1 nitrogen and oxygen atoms in total. The van der Waals surface area contributed by atoms with Gasteiger partial charge in [0.05, 0.1) is 0 Å². The Morgan fingerprint density at radius 1 is 1.35 bits per heavy atom. The van der Waals surface area contributed by atoms with Crippen molar-refractivity contribution in [2.75, 3.05) is 7.05 Å². The van der Waals surface area contributed by atoms with Crippen LogP contribution in [0, 0.1) is 12.7 Å². The average molecular weight is 249 g/mol. The van der Waals surface area contributed by atoms with Crippen molar-refractivity contribution < 1.29 is 4.39 Å². The van der Waals surface area contributed by atoms with Crippen molar-refractivity contribution in [2.24, 2.45) is 0 Å². The molecule has 0 aliphatic heterocycles. The summed E-state index contributed by atoms with van der Waals surface area (Å²) in [6.07, 6.45) is 0.820. The molecule has 1 atom stereocenters. The molecule has 0 saturated heterocycles. The third-order valence-electron chi connectivity index (χ3n) is 2.90. The molecule has 0 spiro atoms. The van der Waals surface area contributed by atoms with E-state index in [2.05, 4.69) is 22.1 Å². The Bertz CT molecular complexity index is 479. The quantitative estimate of drug-likeness (QED) is 0.871. The maximum atomic E-state index is 13.8. The SMILES string of the molecule is CNC(Cc1ccsc1)c1cc(C)ccc1F. The molecule has 0 saturated carbocycles. The summed E-state index contributed by atoms with van der Waals surface area (Å²) in [5.74, 6) is -0.134. The molecule has 0 bridgehead atoms. The summed E-state index contributed by atoms with van der Waals surface area (Å²) >= 11 is 1.67. The molecule has 2 rings (SSSR count). The van der Waals surface area contributed by atoms with Gasteiger partial charge in [-0.25, -0.2) is 4.39 Å². The molecule has 3 heteroatoms. The molecule has 1 unspecified atom stereocenters. The lowest BCUT2D eigenvalue weighted by Gasteiger charge is -2.17. The molecular formula is C14H16FNS. The van der Waals surface area contributed by atoms with Crippen LogP contribution in [0.15, 0.2) is 35.0 Å². The van der Waals surface area contributed by atoms with Gasteiger partial charge in [-0.15, -0.1) is 0 Å². The van der Waals surface area contributed by atoms with Crippen molar-refractivity contribution in [3.05, 3.63) is 57.5 Å². The standard InChI is InChI=1S/C14H16FNS/c1-10-3-4-13(15)12(7-10)14(16-2)8-11-5-6-17-9-11/h3-7,9,14,16H,8H2,1-2H3. The number of benzene rings is 1. The van der Waals surface area contributed by atoms with E-state index in [1.54, 1.807) is 23.5 Å². The Labute approximate surface area is 105 Å². The number of halogens is 1. The summed E-state index contributed by atoms with van der Waals surface area (Å²) in [7, 11) is 1.87. The van der Waals surface area contributed by atoms with Gasteiger partial charge in [0.1, 0.15) is 5.82 Å². The normalized spacial score (nSPS) is 12.6. The third-order valence-corrected chi connectivity index (χ3v) is 3.63. The maximum Gasteiger partial charge on any atom is 0.128 e. The van der Waals surface area contributed by atoms with Crippen LogP contribution in [0.1, 0.15) is 22.7 Å². The Morgan fingerprint density at radius 2 is 2.18 bits per heavy atom. The number of rotatable bonds is 4. The van der Waals surface area contributed by atoms with Crippen molar-refractivity contribution in [3.8, 4) is 0 Å². The lowest BCUT2D eigenvalue weighted by Crippen LogP contribution is -2.20. The lowest BCUT2D eigenvalue weighted by molar-refractivity contribution is 0.534. The summed E-state index contributed by atoms with van der Waals surface area (Å²) in [6, 6.07) is 7.38. The molecule has 0 aliphatic carbocycles. The second-order valence-corrected chi connectivity index (χ2v) is 4.98. The second kappa shape index (κ2) is 5.43. The van der Waals surface area contributed by atoms with E-state index in [1.165, 1.54) is 5.56 Å². The zero-order chi connectivity index (χ0) is 12.3. The Morgan fingerprint density at radius 3 is 2.82 bits per heavy atom. The van der Waals surface area contributed by atoms with E-state index in [0.717, 1.165) is 17.5 Å². The summed E-state index contributed by atoms with van der Waals surface area (Å²) in [5, 5.41) is 7.35. The minimum absolute atomic E-state index is 0.0319. The van der Waals surface area contributed by atoms with Crippen LogP contribution in [-0.2, 0) is 6.42 Å². The van der Waals surface area contributed by atoms with Crippen molar-refractivity contribution in [3.63, 3.8) is 0 Å². The molecule has 17 heavy (non-hydrogen) atoms. The van der Waals surface area contributed by atoms with Gasteiger partial charge in [0.25, 0.3) is 0 Å². The zero-order valence-electron chi connectivity index (χ0n) is 10.0. The van der Waals surface area contributed by atoms with Gasteiger partial charge in [0.15, 0.2) is 0 Å². The molecular weight excluding hydrogens is 233 g/mol. The monoisotopic (exact) mass is 249 g/mol. The summed E-state index contributed by atoms with van der Waals surface area (Å²) < 4.78 is 13.8. The molecule has 0 aliphatic rings. The largest absolute Gasteiger partial charge is 0.313 e. The van der Waals surface area contributed by atoms with E-state index in [1.807, 2.05) is 20.0 Å². The van der Waals surface area contributed by atoms with Gasteiger partial charge in [-0.3, -0.25) is 0 Å². The van der Waals surface area contributed by atoms with Crippen molar-refractivity contribution in [1.29, 1.82) is 0 Å². The van der Waals surface area contributed by atoms with Crippen LogP contribution >= 0.6 is 11.3 Å². The highest BCUT2D eigenvalue weighted by Crippen LogP contribution is 2.23. The van der Waals surface area contributed by atoms with E-state index < -0.39 is 0 Å². The van der Waals surface area contributed by atoms with Gasteiger partial charge in [-0.05, 0) is 48.8 Å². The van der Waals surface area contributed by atoms with Gasteiger partial charge in [-0.1, -0.05) is 17.7 Å². The molecule has 1 aromatic carbocycles. The molecule has 1 N–H and O–H groups in total. The molecule has 0 amide bonds. The van der Waals surface area contributed by atoms with Gasteiger partial charge in [-0.2, -0.15) is 11.3 Å². The molecule has 90 valence electrons. The number of thiophene rings is 1. The summed E-state index contributed by atoms with van der Waals surface area (Å²) in [4.78, 5) is 0. The lowest BCUT2D eigenvalue weighted by atomic mass is 9.98. The molecule has 1 heterocycles. The fourth-order valence-corrected chi connectivity index (χ4v) is 2.62. The number of aryl methyl sites for hydroxylation is 1. The number of hydrogen-bond acceptors (Lipinski definition) is 2. The van der Waals surface area contributed by atoms with Crippen molar-refractivity contribution >= 4 is 11.3 Å². The van der Waals surface area contributed by atoms with Crippen LogP contribution in [0.4, 0.5) is 4.39 Å². The molecule has 2 aromatic rings.